The third kappa shape index (κ3) is 4.08. The minimum absolute atomic E-state index is 0.0675. The Morgan fingerprint density at radius 3 is 2.25 bits per heavy atom. The number of ether oxygens (including phenoxy) is 1. The van der Waals surface area contributed by atoms with Gasteiger partial charge in [-0.05, 0) is 24.1 Å². The van der Waals surface area contributed by atoms with Crippen LogP contribution in [0.5, 0.6) is 5.75 Å². The number of hydrogen-bond acceptors (Lipinski definition) is 3. The van der Waals surface area contributed by atoms with E-state index in [1.807, 2.05) is 0 Å². The Morgan fingerprint density at radius 2 is 1.81 bits per heavy atom. The van der Waals surface area contributed by atoms with Gasteiger partial charge < -0.3 is 15.6 Å². The van der Waals surface area contributed by atoms with Gasteiger partial charge >= 0.3 is 6.36 Å². The molecule has 1 atom stereocenters. The van der Waals surface area contributed by atoms with E-state index in [1.165, 1.54) is 24.3 Å². The summed E-state index contributed by atoms with van der Waals surface area (Å²) in [6.07, 6.45) is -4.33. The summed E-state index contributed by atoms with van der Waals surface area (Å²) in [7, 11) is 0. The molecule has 90 valence electrons. The zero-order valence-electron chi connectivity index (χ0n) is 8.37. The second-order valence-corrected chi connectivity index (χ2v) is 3.24. The first-order valence-electron chi connectivity index (χ1n) is 4.64. The van der Waals surface area contributed by atoms with E-state index in [1.54, 1.807) is 0 Å². The van der Waals surface area contributed by atoms with E-state index in [2.05, 4.69) is 4.74 Å². The van der Waals surface area contributed by atoms with E-state index in [4.69, 9.17) is 10.8 Å². The van der Waals surface area contributed by atoms with Crippen LogP contribution in [-0.4, -0.2) is 18.1 Å². The lowest BCUT2D eigenvalue weighted by atomic mass is 10.1. The summed E-state index contributed by atoms with van der Waals surface area (Å²) in [6.45, 7) is -0.0675. The number of benzene rings is 1. The molecule has 0 unspecified atom stereocenters. The lowest BCUT2D eigenvalue weighted by molar-refractivity contribution is -0.274. The van der Waals surface area contributed by atoms with Gasteiger partial charge in [0.25, 0.3) is 0 Å². The van der Waals surface area contributed by atoms with Gasteiger partial charge in [0.2, 0.25) is 0 Å². The van der Waals surface area contributed by atoms with Crippen LogP contribution in [0.4, 0.5) is 13.2 Å². The molecule has 0 radical (unpaired) electrons. The highest BCUT2D eigenvalue weighted by Crippen LogP contribution is 2.24. The predicted octanol–water partition coefficient (Wildman–Crippen LogP) is 1.97. The third-order valence-corrected chi connectivity index (χ3v) is 1.98. The van der Waals surface area contributed by atoms with E-state index in [0.717, 1.165) is 0 Å². The van der Waals surface area contributed by atoms with Gasteiger partial charge in [-0.1, -0.05) is 12.1 Å². The summed E-state index contributed by atoms with van der Waals surface area (Å²) in [5.41, 5.74) is 6.32. The van der Waals surface area contributed by atoms with Gasteiger partial charge in [-0.25, -0.2) is 0 Å². The van der Waals surface area contributed by atoms with Crippen molar-refractivity contribution in [3.63, 3.8) is 0 Å². The van der Waals surface area contributed by atoms with Gasteiger partial charge in [0, 0.05) is 12.6 Å². The predicted molar refractivity (Wildman–Crippen MR) is 51.8 cm³/mol. The molecule has 0 aliphatic carbocycles. The van der Waals surface area contributed by atoms with E-state index >= 15 is 0 Å². The Morgan fingerprint density at radius 1 is 1.25 bits per heavy atom. The first-order chi connectivity index (χ1) is 7.42. The number of hydrogen-bond donors (Lipinski definition) is 2. The van der Waals surface area contributed by atoms with Crippen molar-refractivity contribution < 1.29 is 23.0 Å². The molecular formula is C10H12F3NO2. The largest absolute Gasteiger partial charge is 0.573 e. The molecule has 0 fully saturated rings. The van der Waals surface area contributed by atoms with Gasteiger partial charge in [0.15, 0.2) is 0 Å². The minimum Gasteiger partial charge on any atom is -0.406 e. The monoisotopic (exact) mass is 235 g/mol. The number of aliphatic hydroxyl groups excluding tert-OH is 1. The van der Waals surface area contributed by atoms with Crippen LogP contribution in [0.15, 0.2) is 24.3 Å². The maximum absolute atomic E-state index is 11.8. The number of halogens is 3. The second kappa shape index (κ2) is 5.18. The molecule has 0 bridgehead atoms. The van der Waals surface area contributed by atoms with Crippen LogP contribution >= 0.6 is 0 Å². The molecule has 6 heteroatoms. The highest BCUT2D eigenvalue weighted by molar-refractivity contribution is 5.29. The standard InChI is InChI=1S/C10H12F3NO2/c11-10(12,13)16-8-3-1-7(2-4-8)9(14)5-6-15/h1-4,9,15H,5-6,14H2/t9-/m0/s1. The normalized spacial score (nSPS) is 13.6. The van der Waals surface area contributed by atoms with Crippen LogP contribution < -0.4 is 10.5 Å². The van der Waals surface area contributed by atoms with Crippen molar-refractivity contribution in [3.8, 4) is 5.75 Å². The van der Waals surface area contributed by atoms with Gasteiger partial charge in [0.05, 0.1) is 0 Å². The fraction of sp³-hybridized carbons (Fsp3) is 0.400. The second-order valence-electron chi connectivity index (χ2n) is 3.24. The zero-order valence-corrected chi connectivity index (χ0v) is 8.37. The molecule has 0 heterocycles. The highest BCUT2D eigenvalue weighted by Gasteiger charge is 2.30. The lowest BCUT2D eigenvalue weighted by Crippen LogP contribution is -2.17. The maximum atomic E-state index is 11.8. The van der Waals surface area contributed by atoms with Crippen LogP contribution in [0, 0.1) is 0 Å². The molecule has 1 rings (SSSR count). The molecule has 16 heavy (non-hydrogen) atoms. The summed E-state index contributed by atoms with van der Waals surface area (Å²) in [5, 5.41) is 8.65. The molecule has 0 spiro atoms. The molecule has 1 aromatic carbocycles. The average molecular weight is 235 g/mol. The fourth-order valence-electron chi connectivity index (χ4n) is 1.22. The summed E-state index contributed by atoms with van der Waals surface area (Å²) in [4.78, 5) is 0. The van der Waals surface area contributed by atoms with Gasteiger partial charge in [0.1, 0.15) is 5.75 Å². The number of rotatable bonds is 4. The van der Waals surface area contributed by atoms with E-state index in [-0.39, 0.29) is 18.4 Å². The first-order valence-corrected chi connectivity index (χ1v) is 4.64. The van der Waals surface area contributed by atoms with Crippen LogP contribution in [0.25, 0.3) is 0 Å². The molecule has 0 amide bonds. The fourth-order valence-corrected chi connectivity index (χ4v) is 1.22. The molecule has 0 saturated carbocycles. The SMILES string of the molecule is N[C@@H](CCO)c1ccc(OC(F)(F)F)cc1. The van der Waals surface area contributed by atoms with E-state index in [0.29, 0.717) is 12.0 Å². The smallest absolute Gasteiger partial charge is 0.406 e. The van der Waals surface area contributed by atoms with Gasteiger partial charge in [-0.3, -0.25) is 0 Å². The Bertz CT molecular complexity index is 324. The van der Waals surface area contributed by atoms with Crippen molar-refractivity contribution in [2.45, 2.75) is 18.8 Å². The summed E-state index contributed by atoms with van der Waals surface area (Å²) in [5.74, 6) is -0.285. The number of alkyl halides is 3. The summed E-state index contributed by atoms with van der Waals surface area (Å²) >= 11 is 0. The lowest BCUT2D eigenvalue weighted by Gasteiger charge is -2.12. The van der Waals surface area contributed by atoms with Crippen LogP contribution in [0.2, 0.25) is 0 Å². The van der Waals surface area contributed by atoms with Crippen molar-refractivity contribution in [2.24, 2.45) is 5.73 Å². The molecule has 3 N–H and O–H groups in total. The average Bonchev–Trinajstić information content (AvgIpc) is 2.16. The van der Waals surface area contributed by atoms with Crippen LogP contribution in [0.1, 0.15) is 18.0 Å². The Labute approximate surface area is 90.6 Å². The Kier molecular flexibility index (Phi) is 4.14. The molecule has 1 aromatic rings. The Balaban J connectivity index is 2.68. The molecule has 0 saturated heterocycles. The van der Waals surface area contributed by atoms with Crippen molar-refractivity contribution in [1.82, 2.24) is 0 Å². The topological polar surface area (TPSA) is 55.5 Å². The highest BCUT2D eigenvalue weighted by atomic mass is 19.4. The van der Waals surface area contributed by atoms with Crippen LogP contribution in [-0.2, 0) is 0 Å². The zero-order chi connectivity index (χ0) is 12.2. The van der Waals surface area contributed by atoms with Crippen LogP contribution in [0.3, 0.4) is 0 Å². The molecule has 0 aromatic heterocycles. The van der Waals surface area contributed by atoms with E-state index < -0.39 is 6.36 Å². The Hall–Kier alpha value is -1.27. The summed E-state index contributed by atoms with van der Waals surface area (Å²) in [6, 6.07) is 4.90. The maximum Gasteiger partial charge on any atom is 0.573 e. The van der Waals surface area contributed by atoms with Gasteiger partial charge in [-0.2, -0.15) is 0 Å². The first kappa shape index (κ1) is 12.8. The minimum atomic E-state index is -4.69. The van der Waals surface area contributed by atoms with Crippen molar-refractivity contribution in [1.29, 1.82) is 0 Å². The van der Waals surface area contributed by atoms with Gasteiger partial charge in [-0.15, -0.1) is 13.2 Å². The molecular weight excluding hydrogens is 223 g/mol. The van der Waals surface area contributed by atoms with Crippen molar-refractivity contribution in [3.05, 3.63) is 29.8 Å². The molecule has 0 aliphatic rings. The number of aliphatic hydroxyl groups is 1. The summed E-state index contributed by atoms with van der Waals surface area (Å²) < 4.78 is 39.2. The van der Waals surface area contributed by atoms with Crippen molar-refractivity contribution in [2.75, 3.05) is 6.61 Å². The van der Waals surface area contributed by atoms with Crippen molar-refractivity contribution >= 4 is 0 Å². The molecule has 3 nitrogen and oxygen atoms in total. The molecule has 0 aliphatic heterocycles. The quantitative estimate of drug-likeness (QED) is 0.838. The third-order valence-electron chi connectivity index (χ3n) is 1.98. The van der Waals surface area contributed by atoms with E-state index in [9.17, 15) is 13.2 Å². The number of nitrogens with two attached hydrogens (primary N) is 1.